The number of rotatable bonds is 1. The zero-order valence-corrected chi connectivity index (χ0v) is 10.0. The number of furan rings is 1. The van der Waals surface area contributed by atoms with E-state index in [0.717, 1.165) is 17.0 Å². The van der Waals surface area contributed by atoms with Crippen LogP contribution in [0, 0.1) is 0 Å². The molecule has 1 atom stereocenters. The Morgan fingerprint density at radius 1 is 1.21 bits per heavy atom. The summed E-state index contributed by atoms with van der Waals surface area (Å²) in [6, 6.07) is 11.3. The SMILES string of the molecule is O=C1Nc2ccccc2[C@@]12CC(c1ccco1)=NN2. The van der Waals surface area contributed by atoms with Crippen LogP contribution in [0.1, 0.15) is 17.7 Å². The van der Waals surface area contributed by atoms with Crippen LogP contribution in [0.3, 0.4) is 0 Å². The third-order valence-electron chi connectivity index (χ3n) is 3.64. The van der Waals surface area contributed by atoms with Gasteiger partial charge in [-0.05, 0) is 18.2 Å². The number of para-hydroxylation sites is 1. The molecule has 0 aliphatic carbocycles. The molecule has 4 rings (SSSR count). The number of carbonyl (C=O) groups is 1. The highest BCUT2D eigenvalue weighted by Crippen LogP contribution is 2.41. The second kappa shape index (κ2) is 3.47. The van der Waals surface area contributed by atoms with Crippen LogP contribution in [0.15, 0.2) is 52.2 Å². The van der Waals surface area contributed by atoms with Gasteiger partial charge in [-0.1, -0.05) is 18.2 Å². The molecule has 0 unspecified atom stereocenters. The Morgan fingerprint density at radius 2 is 2.11 bits per heavy atom. The first-order valence-corrected chi connectivity index (χ1v) is 6.08. The molecule has 2 aliphatic rings. The van der Waals surface area contributed by atoms with Gasteiger partial charge in [-0.2, -0.15) is 5.10 Å². The summed E-state index contributed by atoms with van der Waals surface area (Å²) in [4.78, 5) is 12.3. The van der Waals surface area contributed by atoms with Gasteiger partial charge in [-0.15, -0.1) is 0 Å². The maximum absolute atomic E-state index is 12.3. The quantitative estimate of drug-likeness (QED) is 0.814. The first-order valence-electron chi connectivity index (χ1n) is 6.08. The van der Waals surface area contributed by atoms with Gasteiger partial charge in [0.1, 0.15) is 11.5 Å². The van der Waals surface area contributed by atoms with Gasteiger partial charge in [0.25, 0.3) is 5.91 Å². The van der Waals surface area contributed by atoms with E-state index in [9.17, 15) is 4.79 Å². The summed E-state index contributed by atoms with van der Waals surface area (Å²) in [6.07, 6.45) is 2.09. The van der Waals surface area contributed by atoms with E-state index in [1.165, 1.54) is 0 Å². The van der Waals surface area contributed by atoms with Crippen molar-refractivity contribution >= 4 is 17.3 Å². The molecule has 1 spiro atoms. The van der Waals surface area contributed by atoms with Gasteiger partial charge in [-0.25, -0.2) is 0 Å². The predicted molar refractivity (Wildman–Crippen MR) is 69.7 cm³/mol. The van der Waals surface area contributed by atoms with E-state index in [-0.39, 0.29) is 5.91 Å². The Morgan fingerprint density at radius 3 is 2.95 bits per heavy atom. The van der Waals surface area contributed by atoms with Crippen molar-refractivity contribution in [2.45, 2.75) is 12.0 Å². The molecular formula is C14H11N3O2. The van der Waals surface area contributed by atoms with Crippen molar-refractivity contribution in [1.82, 2.24) is 5.43 Å². The molecule has 2 N–H and O–H groups in total. The Hall–Kier alpha value is -2.56. The molecule has 0 bridgehead atoms. The monoisotopic (exact) mass is 253 g/mol. The van der Waals surface area contributed by atoms with E-state index < -0.39 is 5.54 Å². The average Bonchev–Trinajstić information content (AvgIpc) is 3.13. The first-order chi connectivity index (χ1) is 9.29. The standard InChI is InChI=1S/C14H11N3O2/c18-13-14(9-4-1-2-5-10(9)15-13)8-11(16-17-14)12-6-3-7-19-12/h1-7,17H,8H2,(H,15,18)/t14-/m0/s1. The highest BCUT2D eigenvalue weighted by molar-refractivity contribution is 6.12. The van der Waals surface area contributed by atoms with Crippen molar-refractivity contribution in [3.63, 3.8) is 0 Å². The minimum atomic E-state index is -0.793. The lowest BCUT2D eigenvalue weighted by Gasteiger charge is -2.20. The summed E-state index contributed by atoms with van der Waals surface area (Å²) >= 11 is 0. The van der Waals surface area contributed by atoms with Crippen LogP contribution >= 0.6 is 0 Å². The summed E-state index contributed by atoms with van der Waals surface area (Å²) in [6.45, 7) is 0. The molecule has 1 amide bonds. The minimum absolute atomic E-state index is 0.0704. The highest BCUT2D eigenvalue weighted by Gasteiger charge is 2.50. The van der Waals surface area contributed by atoms with Crippen molar-refractivity contribution in [1.29, 1.82) is 0 Å². The molecule has 1 aromatic carbocycles. The Balaban J connectivity index is 1.76. The van der Waals surface area contributed by atoms with Crippen molar-refractivity contribution in [3.8, 4) is 0 Å². The van der Waals surface area contributed by atoms with Gasteiger partial charge in [0.05, 0.1) is 6.26 Å². The largest absolute Gasteiger partial charge is 0.463 e. The molecule has 5 nitrogen and oxygen atoms in total. The number of fused-ring (bicyclic) bond motifs is 2. The normalized spacial score (nSPS) is 24.0. The number of amides is 1. The maximum atomic E-state index is 12.3. The van der Waals surface area contributed by atoms with Crippen LogP contribution < -0.4 is 10.7 Å². The van der Waals surface area contributed by atoms with Crippen LogP contribution in [0.5, 0.6) is 0 Å². The second-order valence-electron chi connectivity index (χ2n) is 4.73. The maximum Gasteiger partial charge on any atom is 0.256 e. The molecule has 0 fully saturated rings. The Labute approximate surface area is 109 Å². The molecule has 0 saturated carbocycles. The van der Waals surface area contributed by atoms with Gasteiger partial charge in [0, 0.05) is 17.7 Å². The summed E-state index contributed by atoms with van der Waals surface area (Å²) in [5, 5.41) is 7.17. The van der Waals surface area contributed by atoms with E-state index >= 15 is 0 Å². The van der Waals surface area contributed by atoms with Gasteiger partial charge in [-0.3, -0.25) is 10.2 Å². The number of anilines is 1. The molecule has 1 aromatic heterocycles. The summed E-state index contributed by atoms with van der Waals surface area (Å²) in [5.74, 6) is 0.626. The molecule has 2 aromatic rings. The van der Waals surface area contributed by atoms with Crippen LogP contribution in [-0.2, 0) is 10.3 Å². The lowest BCUT2D eigenvalue weighted by Crippen LogP contribution is -2.42. The van der Waals surface area contributed by atoms with Gasteiger partial charge >= 0.3 is 0 Å². The average molecular weight is 253 g/mol. The molecule has 94 valence electrons. The Kier molecular flexibility index (Phi) is 1.90. The number of nitrogens with one attached hydrogen (secondary N) is 2. The van der Waals surface area contributed by atoms with Crippen molar-refractivity contribution < 1.29 is 9.21 Å². The number of hydrogen-bond acceptors (Lipinski definition) is 4. The number of benzene rings is 1. The fourth-order valence-electron chi connectivity index (χ4n) is 2.68. The van der Waals surface area contributed by atoms with Crippen LogP contribution in [0.25, 0.3) is 0 Å². The van der Waals surface area contributed by atoms with Crippen molar-refractivity contribution in [2.75, 3.05) is 5.32 Å². The third kappa shape index (κ3) is 1.29. The summed E-state index contributed by atoms with van der Waals surface area (Å²) in [5.41, 5.74) is 4.74. The number of hydrazone groups is 1. The third-order valence-corrected chi connectivity index (χ3v) is 3.64. The summed E-state index contributed by atoms with van der Waals surface area (Å²) in [7, 11) is 0. The zero-order valence-electron chi connectivity index (χ0n) is 10.0. The topological polar surface area (TPSA) is 66.6 Å². The van der Waals surface area contributed by atoms with Gasteiger partial charge in [0.2, 0.25) is 0 Å². The fraction of sp³-hybridized carbons (Fsp3) is 0.143. The van der Waals surface area contributed by atoms with Crippen molar-refractivity contribution in [2.24, 2.45) is 5.10 Å². The summed E-state index contributed by atoms with van der Waals surface area (Å²) < 4.78 is 5.34. The smallest absolute Gasteiger partial charge is 0.256 e. The van der Waals surface area contributed by atoms with E-state index in [4.69, 9.17) is 4.42 Å². The highest BCUT2D eigenvalue weighted by atomic mass is 16.3. The zero-order chi connectivity index (χ0) is 12.9. The van der Waals surface area contributed by atoms with E-state index in [2.05, 4.69) is 15.8 Å². The van der Waals surface area contributed by atoms with Crippen LogP contribution in [0.2, 0.25) is 0 Å². The minimum Gasteiger partial charge on any atom is -0.463 e. The fourth-order valence-corrected chi connectivity index (χ4v) is 2.68. The van der Waals surface area contributed by atoms with E-state index in [0.29, 0.717) is 12.2 Å². The number of hydrogen-bond donors (Lipinski definition) is 2. The van der Waals surface area contributed by atoms with Crippen LogP contribution in [0.4, 0.5) is 5.69 Å². The molecule has 0 saturated heterocycles. The number of carbonyl (C=O) groups excluding carboxylic acids is 1. The molecule has 0 radical (unpaired) electrons. The molecule has 2 aliphatic heterocycles. The lowest BCUT2D eigenvalue weighted by atomic mass is 9.87. The molecular weight excluding hydrogens is 242 g/mol. The van der Waals surface area contributed by atoms with E-state index in [1.54, 1.807) is 6.26 Å². The number of nitrogens with zero attached hydrogens (tertiary/aromatic N) is 1. The lowest BCUT2D eigenvalue weighted by molar-refractivity contribution is -0.121. The molecule has 3 heterocycles. The Bertz CT molecular complexity index is 690. The van der Waals surface area contributed by atoms with Gasteiger partial charge in [0.15, 0.2) is 5.54 Å². The van der Waals surface area contributed by atoms with Crippen LogP contribution in [-0.4, -0.2) is 11.6 Å². The predicted octanol–water partition coefficient (Wildman–Crippen LogP) is 1.82. The second-order valence-corrected chi connectivity index (χ2v) is 4.73. The molecule has 5 heteroatoms. The molecule has 19 heavy (non-hydrogen) atoms. The van der Waals surface area contributed by atoms with E-state index in [1.807, 2.05) is 36.4 Å². The first kappa shape index (κ1) is 10.4. The van der Waals surface area contributed by atoms with Gasteiger partial charge < -0.3 is 9.73 Å². The van der Waals surface area contributed by atoms with Crippen molar-refractivity contribution in [3.05, 3.63) is 54.0 Å².